The third-order valence-electron chi connectivity index (χ3n) is 4.53. The summed E-state index contributed by atoms with van der Waals surface area (Å²) < 4.78 is 5.10. The lowest BCUT2D eigenvalue weighted by atomic mass is 9.83. The minimum atomic E-state index is -0.117. The molecule has 18 heavy (non-hydrogen) atoms. The summed E-state index contributed by atoms with van der Waals surface area (Å²) in [6.45, 7) is 2.88. The Kier molecular flexibility index (Phi) is 7.15. The lowest BCUT2D eigenvalue weighted by molar-refractivity contribution is 0.0444. The molecule has 0 aliphatic heterocycles. The molecular weight excluding hydrogens is 228 g/mol. The van der Waals surface area contributed by atoms with Gasteiger partial charge in [0.15, 0.2) is 0 Å². The first-order chi connectivity index (χ1) is 8.63. The molecule has 0 amide bonds. The normalized spacial score (nSPS) is 28.3. The molecule has 1 aliphatic carbocycles. The first-order valence-corrected chi connectivity index (χ1v) is 7.21. The third-order valence-corrected chi connectivity index (χ3v) is 4.53. The van der Waals surface area contributed by atoms with E-state index in [1.807, 2.05) is 0 Å². The second-order valence-electron chi connectivity index (χ2n) is 5.62. The first kappa shape index (κ1) is 15.9. The Morgan fingerprint density at radius 2 is 1.94 bits per heavy atom. The van der Waals surface area contributed by atoms with Gasteiger partial charge >= 0.3 is 0 Å². The number of ether oxygens (including phenoxy) is 1. The fourth-order valence-electron chi connectivity index (χ4n) is 3.10. The SMILES string of the molecule is CCC1CCC(N(C)C(CO)C(N)COC)CC1. The summed E-state index contributed by atoms with van der Waals surface area (Å²) in [4.78, 5) is 2.27. The fraction of sp³-hybridized carbons (Fsp3) is 1.00. The number of methoxy groups -OCH3 is 1. The van der Waals surface area contributed by atoms with Crippen LogP contribution in [0.25, 0.3) is 0 Å². The Balaban J connectivity index is 2.48. The Morgan fingerprint density at radius 1 is 1.33 bits per heavy atom. The number of likely N-dealkylation sites (N-methyl/N-ethyl adjacent to an activating group) is 1. The van der Waals surface area contributed by atoms with Crippen molar-refractivity contribution in [1.29, 1.82) is 0 Å². The van der Waals surface area contributed by atoms with E-state index >= 15 is 0 Å². The van der Waals surface area contributed by atoms with Crippen LogP contribution in [0.2, 0.25) is 0 Å². The van der Waals surface area contributed by atoms with Gasteiger partial charge in [0.2, 0.25) is 0 Å². The number of aliphatic hydroxyl groups is 1. The predicted molar refractivity (Wildman–Crippen MR) is 74.5 cm³/mol. The maximum atomic E-state index is 9.55. The molecule has 0 heterocycles. The van der Waals surface area contributed by atoms with Gasteiger partial charge in [0.25, 0.3) is 0 Å². The zero-order valence-electron chi connectivity index (χ0n) is 12.1. The number of nitrogens with zero attached hydrogens (tertiary/aromatic N) is 1. The number of hydrogen-bond acceptors (Lipinski definition) is 4. The van der Waals surface area contributed by atoms with Crippen LogP contribution < -0.4 is 5.73 Å². The van der Waals surface area contributed by atoms with Gasteiger partial charge in [-0.2, -0.15) is 0 Å². The van der Waals surface area contributed by atoms with Gasteiger partial charge in [0, 0.05) is 19.2 Å². The molecule has 4 nitrogen and oxygen atoms in total. The molecule has 1 rings (SSSR count). The molecule has 4 heteroatoms. The highest BCUT2D eigenvalue weighted by Gasteiger charge is 2.30. The van der Waals surface area contributed by atoms with Crippen LogP contribution in [0.3, 0.4) is 0 Å². The Morgan fingerprint density at radius 3 is 2.39 bits per heavy atom. The molecule has 1 saturated carbocycles. The lowest BCUT2D eigenvalue weighted by Gasteiger charge is -2.40. The van der Waals surface area contributed by atoms with Crippen LogP contribution in [0.4, 0.5) is 0 Å². The quantitative estimate of drug-likeness (QED) is 0.721. The summed E-state index contributed by atoms with van der Waals surface area (Å²) in [5, 5.41) is 9.55. The van der Waals surface area contributed by atoms with Gasteiger partial charge in [-0.25, -0.2) is 0 Å². The van der Waals surface area contributed by atoms with Crippen molar-refractivity contribution in [2.75, 3.05) is 27.4 Å². The van der Waals surface area contributed by atoms with Crippen molar-refractivity contribution in [3.63, 3.8) is 0 Å². The van der Waals surface area contributed by atoms with Gasteiger partial charge in [0.05, 0.1) is 19.3 Å². The number of aliphatic hydroxyl groups excluding tert-OH is 1. The molecule has 0 aromatic heterocycles. The summed E-state index contributed by atoms with van der Waals surface area (Å²) in [7, 11) is 3.74. The van der Waals surface area contributed by atoms with Crippen LogP contribution in [-0.4, -0.2) is 55.5 Å². The summed E-state index contributed by atoms with van der Waals surface area (Å²) in [5.74, 6) is 0.898. The second-order valence-corrected chi connectivity index (χ2v) is 5.62. The summed E-state index contributed by atoms with van der Waals surface area (Å²) in [6.07, 6.45) is 6.37. The number of nitrogens with two attached hydrogens (primary N) is 1. The first-order valence-electron chi connectivity index (χ1n) is 7.21. The zero-order valence-corrected chi connectivity index (χ0v) is 12.1. The van der Waals surface area contributed by atoms with Crippen LogP contribution >= 0.6 is 0 Å². The molecule has 108 valence electrons. The van der Waals surface area contributed by atoms with Gasteiger partial charge < -0.3 is 15.6 Å². The van der Waals surface area contributed by atoms with Crippen LogP contribution in [-0.2, 0) is 4.74 Å². The zero-order chi connectivity index (χ0) is 13.5. The molecule has 2 atom stereocenters. The molecule has 0 saturated heterocycles. The second kappa shape index (κ2) is 8.10. The Labute approximate surface area is 111 Å². The molecule has 0 aromatic carbocycles. The van der Waals surface area contributed by atoms with E-state index in [0.717, 1.165) is 5.92 Å². The molecule has 3 N–H and O–H groups in total. The minimum absolute atomic E-state index is 0.00752. The smallest absolute Gasteiger partial charge is 0.0629 e. The van der Waals surface area contributed by atoms with E-state index in [1.165, 1.54) is 32.1 Å². The largest absolute Gasteiger partial charge is 0.395 e. The van der Waals surface area contributed by atoms with Crippen LogP contribution in [0.15, 0.2) is 0 Å². The summed E-state index contributed by atoms with van der Waals surface area (Å²) in [5.41, 5.74) is 6.07. The van der Waals surface area contributed by atoms with Gasteiger partial charge in [0.1, 0.15) is 0 Å². The average Bonchev–Trinajstić information content (AvgIpc) is 2.40. The Hall–Kier alpha value is -0.160. The van der Waals surface area contributed by atoms with Crippen molar-refractivity contribution in [2.45, 2.75) is 57.2 Å². The van der Waals surface area contributed by atoms with E-state index in [9.17, 15) is 5.11 Å². The molecule has 0 radical (unpaired) electrons. The van der Waals surface area contributed by atoms with Crippen molar-refractivity contribution in [3.05, 3.63) is 0 Å². The molecule has 0 spiro atoms. The minimum Gasteiger partial charge on any atom is -0.395 e. The van der Waals surface area contributed by atoms with Crippen molar-refractivity contribution in [2.24, 2.45) is 11.7 Å². The van der Waals surface area contributed by atoms with E-state index in [0.29, 0.717) is 12.6 Å². The van der Waals surface area contributed by atoms with Crippen LogP contribution in [0.5, 0.6) is 0 Å². The van der Waals surface area contributed by atoms with Crippen molar-refractivity contribution >= 4 is 0 Å². The van der Waals surface area contributed by atoms with Gasteiger partial charge in [-0.1, -0.05) is 13.3 Å². The third kappa shape index (κ3) is 4.19. The van der Waals surface area contributed by atoms with Crippen molar-refractivity contribution < 1.29 is 9.84 Å². The van der Waals surface area contributed by atoms with Gasteiger partial charge in [-0.05, 0) is 38.6 Å². The number of hydrogen-bond donors (Lipinski definition) is 2. The predicted octanol–water partition coefficient (Wildman–Crippen LogP) is 1.22. The van der Waals surface area contributed by atoms with E-state index in [1.54, 1.807) is 7.11 Å². The molecule has 0 bridgehead atoms. The maximum Gasteiger partial charge on any atom is 0.0629 e. The number of rotatable bonds is 7. The lowest BCUT2D eigenvalue weighted by Crippen LogP contribution is -2.54. The monoisotopic (exact) mass is 258 g/mol. The highest BCUT2D eigenvalue weighted by molar-refractivity contribution is 4.86. The van der Waals surface area contributed by atoms with Crippen molar-refractivity contribution in [1.82, 2.24) is 4.90 Å². The Bertz CT molecular complexity index is 218. The molecule has 1 aliphatic rings. The fourth-order valence-corrected chi connectivity index (χ4v) is 3.10. The van der Waals surface area contributed by atoms with E-state index < -0.39 is 0 Å². The maximum absolute atomic E-state index is 9.55. The van der Waals surface area contributed by atoms with Crippen molar-refractivity contribution in [3.8, 4) is 0 Å². The average molecular weight is 258 g/mol. The molecular formula is C14H30N2O2. The molecule has 1 fully saturated rings. The highest BCUT2D eigenvalue weighted by atomic mass is 16.5. The van der Waals surface area contributed by atoms with E-state index in [4.69, 9.17) is 10.5 Å². The van der Waals surface area contributed by atoms with E-state index in [-0.39, 0.29) is 18.7 Å². The van der Waals surface area contributed by atoms with Crippen LogP contribution in [0.1, 0.15) is 39.0 Å². The van der Waals surface area contributed by atoms with Crippen LogP contribution in [0, 0.1) is 5.92 Å². The van der Waals surface area contributed by atoms with Gasteiger partial charge in [-0.3, -0.25) is 4.90 Å². The van der Waals surface area contributed by atoms with E-state index in [2.05, 4.69) is 18.9 Å². The molecule has 2 unspecified atom stereocenters. The molecule has 0 aromatic rings. The standard InChI is InChI=1S/C14H30N2O2/c1-4-11-5-7-12(8-6-11)16(2)14(9-17)13(15)10-18-3/h11-14,17H,4-10,15H2,1-3H3. The topological polar surface area (TPSA) is 58.7 Å². The highest BCUT2D eigenvalue weighted by Crippen LogP contribution is 2.29. The summed E-state index contributed by atoms with van der Waals surface area (Å²) in [6, 6.07) is 0.454. The van der Waals surface area contributed by atoms with Gasteiger partial charge in [-0.15, -0.1) is 0 Å². The summed E-state index contributed by atoms with van der Waals surface area (Å²) >= 11 is 0.